The average molecular weight is 297 g/mol. The van der Waals surface area contributed by atoms with Gasteiger partial charge in [-0.2, -0.15) is 0 Å². The van der Waals surface area contributed by atoms with E-state index in [4.69, 9.17) is 0 Å². The van der Waals surface area contributed by atoms with Crippen LogP contribution in [0.3, 0.4) is 0 Å². The van der Waals surface area contributed by atoms with Gasteiger partial charge >= 0.3 is 0 Å². The summed E-state index contributed by atoms with van der Waals surface area (Å²) in [5, 5.41) is 2.49. The van der Waals surface area contributed by atoms with Crippen molar-refractivity contribution in [2.75, 3.05) is 18.6 Å². The number of sulfone groups is 1. The Kier molecular flexibility index (Phi) is 5.88. The molecule has 0 fully saturated rings. The normalized spacial score (nSPS) is 11.1. The van der Waals surface area contributed by atoms with Crippen molar-refractivity contribution in [2.24, 2.45) is 0 Å². The molecular weight excluding hydrogens is 278 g/mol. The first-order valence-corrected chi connectivity index (χ1v) is 8.39. The summed E-state index contributed by atoms with van der Waals surface area (Å²) in [5.41, 5.74) is 1.51. The van der Waals surface area contributed by atoms with Crippen LogP contribution in [0, 0.1) is 6.92 Å². The van der Waals surface area contributed by atoms with E-state index in [0.717, 1.165) is 11.8 Å². The van der Waals surface area contributed by atoms with E-state index in [1.54, 1.807) is 12.1 Å². The Hall–Kier alpha value is -1.69. The van der Waals surface area contributed by atoms with E-state index < -0.39 is 9.84 Å². The first kappa shape index (κ1) is 16.4. The summed E-state index contributed by atoms with van der Waals surface area (Å²) < 4.78 is 21.8. The maximum absolute atomic E-state index is 11.9. The zero-order valence-corrected chi connectivity index (χ0v) is 12.5. The monoisotopic (exact) mass is 297 g/mol. The summed E-state index contributed by atoms with van der Waals surface area (Å²) in [6.45, 7) is 1.93. The fourth-order valence-corrected chi connectivity index (χ4v) is 2.18. The second-order valence-electron chi connectivity index (χ2n) is 4.72. The number of carbonyl (C=O) groups is 2. The third-order valence-electron chi connectivity index (χ3n) is 2.82. The highest BCUT2D eigenvalue weighted by atomic mass is 32.2. The zero-order chi connectivity index (χ0) is 15.2. The van der Waals surface area contributed by atoms with Crippen molar-refractivity contribution in [3.05, 3.63) is 35.4 Å². The van der Waals surface area contributed by atoms with Crippen LogP contribution in [-0.4, -0.2) is 38.7 Å². The number of carbonyl (C=O) groups excluding carboxylic acids is 2. The summed E-state index contributed by atoms with van der Waals surface area (Å²) in [5.74, 6) is -0.484. The van der Waals surface area contributed by atoms with Crippen molar-refractivity contribution in [3.63, 3.8) is 0 Å². The second-order valence-corrected chi connectivity index (χ2v) is 6.98. The highest BCUT2D eigenvalue weighted by molar-refractivity contribution is 7.90. The van der Waals surface area contributed by atoms with Crippen LogP contribution in [0.5, 0.6) is 0 Å². The Balaban J connectivity index is 2.38. The summed E-state index contributed by atoms with van der Waals surface area (Å²) in [6, 6.07) is 7.22. The highest BCUT2D eigenvalue weighted by Crippen LogP contribution is 2.10. The molecule has 110 valence electrons. The molecule has 6 heteroatoms. The maximum atomic E-state index is 11.9. The van der Waals surface area contributed by atoms with Crippen molar-refractivity contribution < 1.29 is 18.0 Å². The van der Waals surface area contributed by atoms with Crippen molar-refractivity contribution in [1.82, 2.24) is 5.32 Å². The van der Waals surface area contributed by atoms with Gasteiger partial charge in [0.05, 0.1) is 5.75 Å². The molecular formula is C14H19NO4S. The molecule has 0 radical (unpaired) electrons. The number of amides is 1. The maximum Gasteiger partial charge on any atom is 0.220 e. The number of hydrogen-bond acceptors (Lipinski definition) is 4. The molecule has 1 N–H and O–H groups in total. The van der Waals surface area contributed by atoms with Gasteiger partial charge in [0.15, 0.2) is 5.78 Å². The molecule has 0 unspecified atom stereocenters. The van der Waals surface area contributed by atoms with Crippen LogP contribution in [0.25, 0.3) is 0 Å². The van der Waals surface area contributed by atoms with E-state index >= 15 is 0 Å². The summed E-state index contributed by atoms with van der Waals surface area (Å²) in [4.78, 5) is 23.4. The lowest BCUT2D eigenvalue weighted by molar-refractivity contribution is -0.120. The van der Waals surface area contributed by atoms with E-state index in [1.807, 2.05) is 19.1 Å². The van der Waals surface area contributed by atoms with Crippen LogP contribution >= 0.6 is 0 Å². The van der Waals surface area contributed by atoms with Gasteiger partial charge in [0.1, 0.15) is 9.84 Å². The predicted octanol–water partition coefficient (Wildman–Crippen LogP) is 1.12. The number of ketones is 1. The molecule has 0 aliphatic heterocycles. The molecule has 0 aliphatic carbocycles. The van der Waals surface area contributed by atoms with Gasteiger partial charge in [-0.15, -0.1) is 0 Å². The molecule has 5 nitrogen and oxygen atoms in total. The Morgan fingerprint density at radius 1 is 1.15 bits per heavy atom. The third kappa shape index (κ3) is 5.97. The summed E-state index contributed by atoms with van der Waals surface area (Å²) >= 11 is 0. The lowest BCUT2D eigenvalue weighted by Crippen LogP contribution is -2.29. The molecule has 1 aromatic carbocycles. The van der Waals surface area contributed by atoms with E-state index in [9.17, 15) is 18.0 Å². The fourth-order valence-electron chi connectivity index (χ4n) is 1.71. The number of nitrogens with one attached hydrogen (secondary N) is 1. The minimum Gasteiger partial charge on any atom is -0.355 e. The SMILES string of the molecule is Cc1ccccc1C(=O)CCC(=O)NCCS(C)(=O)=O. The number of rotatable bonds is 7. The van der Waals surface area contributed by atoms with E-state index in [1.165, 1.54) is 0 Å². The van der Waals surface area contributed by atoms with Gasteiger partial charge in [-0.3, -0.25) is 9.59 Å². The molecule has 0 spiro atoms. The smallest absolute Gasteiger partial charge is 0.220 e. The lowest BCUT2D eigenvalue weighted by Gasteiger charge is -2.06. The molecule has 1 rings (SSSR count). The molecule has 1 aromatic rings. The minimum absolute atomic E-state index is 0.0664. The highest BCUT2D eigenvalue weighted by Gasteiger charge is 2.11. The summed E-state index contributed by atoms with van der Waals surface area (Å²) in [7, 11) is -3.08. The quantitative estimate of drug-likeness (QED) is 0.765. The molecule has 0 saturated carbocycles. The molecule has 0 bridgehead atoms. The number of Topliss-reactive ketones (excluding diaryl/α,β-unsaturated/α-hetero) is 1. The predicted molar refractivity (Wildman–Crippen MR) is 77.5 cm³/mol. The van der Waals surface area contributed by atoms with Crippen molar-refractivity contribution in [3.8, 4) is 0 Å². The molecule has 20 heavy (non-hydrogen) atoms. The zero-order valence-electron chi connectivity index (χ0n) is 11.7. The van der Waals surface area contributed by atoms with Gasteiger partial charge in [0, 0.05) is 31.2 Å². The van der Waals surface area contributed by atoms with Crippen molar-refractivity contribution in [1.29, 1.82) is 0 Å². The second kappa shape index (κ2) is 7.19. The number of benzene rings is 1. The summed E-state index contributed by atoms with van der Waals surface area (Å²) in [6.07, 6.45) is 1.30. The average Bonchev–Trinajstić information content (AvgIpc) is 2.35. The van der Waals surface area contributed by atoms with Crippen molar-refractivity contribution >= 4 is 21.5 Å². The van der Waals surface area contributed by atoms with Crippen LogP contribution in [0.2, 0.25) is 0 Å². The van der Waals surface area contributed by atoms with Gasteiger partial charge in [0.2, 0.25) is 5.91 Å². The van der Waals surface area contributed by atoms with Gasteiger partial charge in [-0.1, -0.05) is 24.3 Å². The third-order valence-corrected chi connectivity index (χ3v) is 3.77. The van der Waals surface area contributed by atoms with Gasteiger partial charge in [-0.25, -0.2) is 8.42 Å². The van der Waals surface area contributed by atoms with Crippen LogP contribution in [0.1, 0.15) is 28.8 Å². The Labute approximate surface area is 119 Å². The molecule has 1 amide bonds. The molecule has 0 aliphatic rings. The number of aryl methyl sites for hydroxylation is 1. The van der Waals surface area contributed by atoms with Crippen LogP contribution in [0.15, 0.2) is 24.3 Å². The van der Waals surface area contributed by atoms with Crippen molar-refractivity contribution in [2.45, 2.75) is 19.8 Å². The topological polar surface area (TPSA) is 80.3 Å². The van der Waals surface area contributed by atoms with E-state index in [2.05, 4.69) is 5.32 Å². The Morgan fingerprint density at radius 3 is 2.40 bits per heavy atom. The van der Waals surface area contributed by atoms with Crippen LogP contribution in [0.4, 0.5) is 0 Å². The van der Waals surface area contributed by atoms with Crippen LogP contribution < -0.4 is 5.32 Å². The molecule has 0 atom stereocenters. The van der Waals surface area contributed by atoms with Gasteiger partial charge in [0.25, 0.3) is 0 Å². The molecule has 0 saturated heterocycles. The number of hydrogen-bond donors (Lipinski definition) is 1. The van der Waals surface area contributed by atoms with E-state index in [-0.39, 0.29) is 36.8 Å². The Morgan fingerprint density at radius 2 is 1.80 bits per heavy atom. The minimum atomic E-state index is -3.08. The lowest BCUT2D eigenvalue weighted by atomic mass is 10.0. The first-order chi connectivity index (χ1) is 9.29. The first-order valence-electron chi connectivity index (χ1n) is 6.33. The largest absolute Gasteiger partial charge is 0.355 e. The fraction of sp³-hybridized carbons (Fsp3) is 0.429. The van der Waals surface area contributed by atoms with Gasteiger partial charge < -0.3 is 5.32 Å². The Bertz CT molecular complexity index is 593. The van der Waals surface area contributed by atoms with Crippen LogP contribution in [-0.2, 0) is 14.6 Å². The van der Waals surface area contributed by atoms with Gasteiger partial charge in [-0.05, 0) is 12.5 Å². The van der Waals surface area contributed by atoms with E-state index in [0.29, 0.717) is 5.56 Å². The standard InChI is InChI=1S/C14H19NO4S/c1-11-5-3-4-6-12(11)13(16)7-8-14(17)15-9-10-20(2,18)19/h3-6H,7-10H2,1-2H3,(H,15,17). The molecule has 0 aromatic heterocycles. The molecule has 0 heterocycles.